The Balaban J connectivity index is 1.40. The summed E-state index contributed by atoms with van der Waals surface area (Å²) in [5.74, 6) is -0.409. The first kappa shape index (κ1) is 30.7. The molecule has 228 valence electrons. The van der Waals surface area contributed by atoms with Crippen LogP contribution < -0.4 is 10.2 Å². The van der Waals surface area contributed by atoms with Gasteiger partial charge >= 0.3 is 6.09 Å². The molecule has 2 aromatic heterocycles. The SMILES string of the molecule is CN(C(=O)O)c1ccc(-c2nc([C@H](CC(=O)N3CCOCC3)NC(=O)C=Cc3cc(Cl)ccc3-n3cnnn3)[nH]c2Cl)cc1. The van der Waals surface area contributed by atoms with Gasteiger partial charge < -0.3 is 25.0 Å². The number of aromatic nitrogens is 6. The number of anilines is 1. The average Bonchev–Trinajstić information content (AvgIpc) is 3.70. The molecule has 3 heterocycles. The zero-order valence-electron chi connectivity index (χ0n) is 23.4. The molecule has 1 saturated heterocycles. The van der Waals surface area contributed by atoms with Crippen molar-refractivity contribution in [3.05, 3.63) is 76.4 Å². The highest BCUT2D eigenvalue weighted by atomic mass is 35.5. The summed E-state index contributed by atoms with van der Waals surface area (Å²) in [5.41, 5.74) is 2.64. The Morgan fingerprint density at radius 3 is 2.59 bits per heavy atom. The Labute approximate surface area is 261 Å². The molecule has 0 bridgehead atoms. The maximum absolute atomic E-state index is 13.2. The number of carbonyl (C=O) groups excluding carboxylic acids is 2. The summed E-state index contributed by atoms with van der Waals surface area (Å²) in [5, 5.41) is 23.9. The van der Waals surface area contributed by atoms with E-state index in [-0.39, 0.29) is 23.3 Å². The number of ether oxygens (including phenoxy) is 1. The number of nitrogens with zero attached hydrogens (tertiary/aromatic N) is 7. The average molecular weight is 640 g/mol. The number of carboxylic acid groups (broad SMARTS) is 1. The summed E-state index contributed by atoms with van der Waals surface area (Å²) in [7, 11) is 1.43. The predicted octanol–water partition coefficient (Wildman–Crippen LogP) is 3.59. The highest BCUT2D eigenvalue weighted by molar-refractivity contribution is 6.32. The quantitative estimate of drug-likeness (QED) is 0.231. The first-order valence-electron chi connectivity index (χ1n) is 13.4. The third-order valence-electron chi connectivity index (χ3n) is 6.88. The maximum Gasteiger partial charge on any atom is 0.411 e. The highest BCUT2D eigenvalue weighted by Crippen LogP contribution is 2.30. The lowest BCUT2D eigenvalue weighted by Gasteiger charge is -2.28. The fourth-order valence-electron chi connectivity index (χ4n) is 4.54. The Morgan fingerprint density at radius 2 is 1.91 bits per heavy atom. The molecular weight excluding hydrogens is 613 g/mol. The molecule has 1 fully saturated rings. The van der Waals surface area contributed by atoms with Crippen LogP contribution in [0.15, 0.2) is 54.9 Å². The molecule has 0 saturated carbocycles. The number of rotatable bonds is 9. The number of imidazole rings is 1. The van der Waals surface area contributed by atoms with Crippen LogP contribution in [0.3, 0.4) is 0 Å². The number of H-pyrrole nitrogens is 1. The minimum absolute atomic E-state index is 0.0851. The van der Waals surface area contributed by atoms with E-state index in [2.05, 4.69) is 30.8 Å². The van der Waals surface area contributed by atoms with Crippen molar-refractivity contribution in [3.63, 3.8) is 0 Å². The molecule has 44 heavy (non-hydrogen) atoms. The van der Waals surface area contributed by atoms with E-state index in [9.17, 15) is 19.5 Å². The molecular formula is C28H27Cl2N9O5. The minimum atomic E-state index is -1.10. The number of aromatic amines is 1. The molecule has 0 spiro atoms. The van der Waals surface area contributed by atoms with Crippen LogP contribution in [0.5, 0.6) is 0 Å². The van der Waals surface area contributed by atoms with E-state index in [1.807, 2.05) is 0 Å². The van der Waals surface area contributed by atoms with Gasteiger partial charge in [-0.1, -0.05) is 35.3 Å². The molecule has 1 atom stereocenters. The van der Waals surface area contributed by atoms with Crippen LogP contribution >= 0.6 is 23.2 Å². The molecule has 2 aromatic carbocycles. The van der Waals surface area contributed by atoms with E-state index < -0.39 is 18.0 Å². The molecule has 0 radical (unpaired) electrons. The van der Waals surface area contributed by atoms with Gasteiger partial charge in [0.05, 0.1) is 31.4 Å². The Kier molecular flexibility index (Phi) is 9.53. The van der Waals surface area contributed by atoms with Crippen LogP contribution in [-0.2, 0) is 14.3 Å². The number of morpholine rings is 1. The van der Waals surface area contributed by atoms with E-state index in [1.54, 1.807) is 53.4 Å². The van der Waals surface area contributed by atoms with E-state index in [0.717, 1.165) is 4.90 Å². The molecule has 0 aliphatic carbocycles. The molecule has 0 unspecified atom stereocenters. The van der Waals surface area contributed by atoms with Gasteiger partial charge in [0.2, 0.25) is 11.8 Å². The summed E-state index contributed by atoms with van der Waals surface area (Å²) >= 11 is 12.7. The standard InChI is InChI=1S/C28H27Cl2N9O5/c1-37(28(42)43)20-6-2-17(3-7-20)25-26(30)34-27(33-25)21(15-24(41)38-10-12-44-13-11-38)32-23(40)9-4-18-14-19(29)5-8-22(18)39-16-31-35-36-39/h2-9,14,16,21H,10-13,15H2,1H3,(H,32,40)(H,33,34)(H,42,43)/t21-/m0/s1. The van der Waals surface area contributed by atoms with Crippen LogP contribution in [0.25, 0.3) is 23.0 Å². The van der Waals surface area contributed by atoms with Gasteiger partial charge in [0.1, 0.15) is 23.0 Å². The second kappa shape index (κ2) is 13.7. The van der Waals surface area contributed by atoms with Crippen molar-refractivity contribution in [3.8, 4) is 16.9 Å². The van der Waals surface area contributed by atoms with E-state index in [0.29, 0.717) is 59.5 Å². The molecule has 4 aromatic rings. The van der Waals surface area contributed by atoms with Crippen molar-refractivity contribution >= 4 is 52.9 Å². The van der Waals surface area contributed by atoms with E-state index in [4.69, 9.17) is 27.9 Å². The third-order valence-corrected chi connectivity index (χ3v) is 7.39. The molecule has 1 aliphatic heterocycles. The normalized spacial score (nSPS) is 14.0. The van der Waals surface area contributed by atoms with Crippen LogP contribution in [0.1, 0.15) is 23.9 Å². The van der Waals surface area contributed by atoms with Gasteiger partial charge in [-0.05, 0) is 46.8 Å². The van der Waals surface area contributed by atoms with Gasteiger partial charge in [0.15, 0.2) is 0 Å². The van der Waals surface area contributed by atoms with E-state index >= 15 is 0 Å². The molecule has 14 nitrogen and oxygen atoms in total. The van der Waals surface area contributed by atoms with Crippen molar-refractivity contribution in [1.82, 2.24) is 40.4 Å². The number of nitrogens with one attached hydrogen (secondary N) is 2. The predicted molar refractivity (Wildman–Crippen MR) is 162 cm³/mol. The van der Waals surface area contributed by atoms with Crippen molar-refractivity contribution in [2.24, 2.45) is 0 Å². The van der Waals surface area contributed by atoms with Crippen molar-refractivity contribution in [1.29, 1.82) is 0 Å². The minimum Gasteiger partial charge on any atom is -0.465 e. The maximum atomic E-state index is 13.2. The van der Waals surface area contributed by atoms with Crippen LogP contribution in [-0.4, -0.2) is 91.4 Å². The fraction of sp³-hybridized carbons (Fsp3) is 0.250. The van der Waals surface area contributed by atoms with Crippen LogP contribution in [0.4, 0.5) is 10.5 Å². The highest BCUT2D eigenvalue weighted by Gasteiger charge is 2.26. The van der Waals surface area contributed by atoms with Gasteiger partial charge in [0, 0.05) is 48.1 Å². The molecule has 3 N–H and O–H groups in total. The number of amides is 3. The van der Waals surface area contributed by atoms with Crippen LogP contribution in [0.2, 0.25) is 10.2 Å². The largest absolute Gasteiger partial charge is 0.465 e. The lowest BCUT2D eigenvalue weighted by molar-refractivity contribution is -0.136. The monoisotopic (exact) mass is 639 g/mol. The smallest absolute Gasteiger partial charge is 0.411 e. The zero-order chi connectivity index (χ0) is 31.2. The molecule has 1 aliphatic rings. The Morgan fingerprint density at radius 1 is 1.16 bits per heavy atom. The van der Waals surface area contributed by atoms with Crippen molar-refractivity contribution in [2.45, 2.75) is 12.5 Å². The zero-order valence-corrected chi connectivity index (χ0v) is 24.9. The number of benzene rings is 2. The van der Waals surface area contributed by atoms with Gasteiger partial charge in [-0.3, -0.25) is 14.5 Å². The lowest BCUT2D eigenvalue weighted by atomic mass is 10.1. The summed E-state index contributed by atoms with van der Waals surface area (Å²) in [6, 6.07) is 10.8. The number of hydrogen-bond donors (Lipinski definition) is 3. The summed E-state index contributed by atoms with van der Waals surface area (Å²) in [6.45, 7) is 1.74. The summed E-state index contributed by atoms with van der Waals surface area (Å²) < 4.78 is 6.80. The number of halogens is 2. The van der Waals surface area contributed by atoms with Crippen molar-refractivity contribution < 1.29 is 24.2 Å². The first-order valence-corrected chi connectivity index (χ1v) is 14.1. The van der Waals surface area contributed by atoms with Gasteiger partial charge in [-0.15, -0.1) is 5.10 Å². The number of carbonyl (C=O) groups is 3. The first-order chi connectivity index (χ1) is 21.2. The molecule has 5 rings (SSSR count). The molecule has 3 amide bonds. The second-order valence-corrected chi connectivity index (χ2v) is 10.5. The Hall–Kier alpha value is -4.79. The van der Waals surface area contributed by atoms with Gasteiger partial charge in [-0.25, -0.2) is 9.78 Å². The summed E-state index contributed by atoms with van der Waals surface area (Å²) in [6.07, 6.45) is 3.12. The van der Waals surface area contributed by atoms with Crippen molar-refractivity contribution in [2.75, 3.05) is 38.3 Å². The molecule has 16 heteroatoms. The third kappa shape index (κ3) is 7.22. The van der Waals surface area contributed by atoms with Crippen LogP contribution in [0, 0.1) is 0 Å². The number of tetrazole rings is 1. The lowest BCUT2D eigenvalue weighted by Crippen LogP contribution is -2.42. The second-order valence-electron chi connectivity index (χ2n) is 9.72. The summed E-state index contributed by atoms with van der Waals surface area (Å²) in [4.78, 5) is 48.1. The van der Waals surface area contributed by atoms with Gasteiger partial charge in [-0.2, -0.15) is 4.68 Å². The Bertz CT molecular complexity index is 1670. The van der Waals surface area contributed by atoms with Gasteiger partial charge in [0.25, 0.3) is 0 Å². The number of hydrogen-bond acceptors (Lipinski definition) is 8. The topological polar surface area (TPSA) is 171 Å². The fourth-order valence-corrected chi connectivity index (χ4v) is 4.96. The van der Waals surface area contributed by atoms with E-state index in [1.165, 1.54) is 24.1 Å².